The van der Waals surface area contributed by atoms with Gasteiger partial charge in [-0.05, 0) is 41.1 Å². The highest BCUT2D eigenvalue weighted by molar-refractivity contribution is 9.10. The Morgan fingerprint density at radius 1 is 0.917 bits per heavy atom. The SMILES string of the molecule is O=C(O)c1cc(NC(=O)c2cccc3c(Br)cccc23)ccc1O. The number of hydrogen-bond acceptors (Lipinski definition) is 3. The van der Waals surface area contributed by atoms with Crippen LogP contribution in [0.15, 0.2) is 59.1 Å². The molecule has 1 amide bonds. The standard InChI is InChI=1S/C18H12BrNO4/c19-15-6-2-3-11-12(15)4-1-5-13(11)17(22)20-10-7-8-16(21)14(9-10)18(23)24/h1-9,21H,(H,20,22)(H,23,24). The predicted octanol–water partition coefficient (Wildman–Crippen LogP) is 4.26. The fourth-order valence-electron chi connectivity index (χ4n) is 2.45. The Bertz CT molecular complexity index is 968. The number of halogens is 1. The highest BCUT2D eigenvalue weighted by Gasteiger charge is 2.14. The van der Waals surface area contributed by atoms with E-state index in [9.17, 15) is 14.7 Å². The molecule has 0 aromatic heterocycles. The summed E-state index contributed by atoms with van der Waals surface area (Å²) in [6.07, 6.45) is 0. The van der Waals surface area contributed by atoms with Crippen molar-refractivity contribution in [1.29, 1.82) is 0 Å². The molecule has 0 saturated carbocycles. The fourth-order valence-corrected chi connectivity index (χ4v) is 2.95. The minimum absolute atomic E-state index is 0.270. The maximum absolute atomic E-state index is 12.6. The van der Waals surface area contributed by atoms with E-state index in [1.165, 1.54) is 18.2 Å². The Morgan fingerprint density at radius 3 is 2.38 bits per heavy atom. The van der Waals surface area contributed by atoms with E-state index in [1.807, 2.05) is 24.3 Å². The Labute approximate surface area is 145 Å². The molecule has 3 aromatic rings. The molecule has 0 fully saturated rings. The van der Waals surface area contributed by atoms with Crippen LogP contribution in [-0.4, -0.2) is 22.1 Å². The summed E-state index contributed by atoms with van der Waals surface area (Å²) in [5, 5.41) is 22.9. The third kappa shape index (κ3) is 2.96. The molecular weight excluding hydrogens is 374 g/mol. The molecule has 0 saturated heterocycles. The number of amides is 1. The minimum Gasteiger partial charge on any atom is -0.507 e. The third-order valence-electron chi connectivity index (χ3n) is 3.60. The van der Waals surface area contributed by atoms with Crippen LogP contribution in [0.3, 0.4) is 0 Å². The molecule has 0 heterocycles. The number of rotatable bonds is 3. The molecule has 0 aliphatic heterocycles. The first kappa shape index (κ1) is 16.0. The second-order valence-electron chi connectivity index (χ2n) is 5.13. The molecule has 3 rings (SSSR count). The predicted molar refractivity (Wildman–Crippen MR) is 94.7 cm³/mol. The first-order chi connectivity index (χ1) is 11.5. The van der Waals surface area contributed by atoms with Crippen LogP contribution in [0, 0.1) is 0 Å². The number of fused-ring (bicyclic) bond motifs is 1. The molecular formula is C18H12BrNO4. The maximum Gasteiger partial charge on any atom is 0.339 e. The number of hydrogen-bond donors (Lipinski definition) is 3. The third-order valence-corrected chi connectivity index (χ3v) is 4.29. The van der Waals surface area contributed by atoms with E-state index in [0.717, 1.165) is 15.2 Å². The van der Waals surface area contributed by atoms with Crippen LogP contribution in [0.2, 0.25) is 0 Å². The number of carbonyl (C=O) groups excluding carboxylic acids is 1. The van der Waals surface area contributed by atoms with E-state index in [1.54, 1.807) is 12.1 Å². The normalized spacial score (nSPS) is 10.5. The van der Waals surface area contributed by atoms with Gasteiger partial charge in [-0.15, -0.1) is 0 Å². The van der Waals surface area contributed by atoms with E-state index in [2.05, 4.69) is 21.2 Å². The number of aromatic carboxylic acids is 1. The smallest absolute Gasteiger partial charge is 0.339 e. The van der Waals surface area contributed by atoms with Gasteiger partial charge in [-0.2, -0.15) is 0 Å². The van der Waals surface area contributed by atoms with E-state index in [0.29, 0.717) is 11.3 Å². The summed E-state index contributed by atoms with van der Waals surface area (Å²) in [4.78, 5) is 23.6. The van der Waals surface area contributed by atoms with Crippen molar-refractivity contribution < 1.29 is 19.8 Å². The number of anilines is 1. The van der Waals surface area contributed by atoms with Gasteiger partial charge >= 0.3 is 5.97 Å². The lowest BCUT2D eigenvalue weighted by Gasteiger charge is -2.10. The van der Waals surface area contributed by atoms with Gasteiger partial charge in [0.05, 0.1) is 0 Å². The monoisotopic (exact) mass is 385 g/mol. The Kier molecular flexibility index (Phi) is 4.22. The van der Waals surface area contributed by atoms with Crippen molar-refractivity contribution in [3.8, 4) is 5.75 Å². The number of carboxylic acid groups (broad SMARTS) is 1. The zero-order chi connectivity index (χ0) is 17.3. The van der Waals surface area contributed by atoms with Gasteiger partial charge in [0.1, 0.15) is 11.3 Å². The van der Waals surface area contributed by atoms with Crippen molar-refractivity contribution >= 4 is 44.3 Å². The highest BCUT2D eigenvalue weighted by atomic mass is 79.9. The van der Waals surface area contributed by atoms with Gasteiger partial charge in [-0.3, -0.25) is 4.79 Å². The number of nitrogens with one attached hydrogen (secondary N) is 1. The number of carbonyl (C=O) groups is 2. The topological polar surface area (TPSA) is 86.6 Å². The van der Waals surface area contributed by atoms with Crippen molar-refractivity contribution in [2.75, 3.05) is 5.32 Å². The summed E-state index contributed by atoms with van der Waals surface area (Å²) in [5.41, 5.74) is 0.495. The van der Waals surface area contributed by atoms with E-state index in [4.69, 9.17) is 5.11 Å². The quantitative estimate of drug-likeness (QED) is 0.587. The number of benzene rings is 3. The molecule has 3 aromatic carbocycles. The second-order valence-corrected chi connectivity index (χ2v) is 5.99. The minimum atomic E-state index is -1.27. The summed E-state index contributed by atoms with van der Waals surface area (Å²) in [6, 6.07) is 14.9. The van der Waals surface area contributed by atoms with Crippen molar-refractivity contribution in [3.63, 3.8) is 0 Å². The molecule has 0 bridgehead atoms. The van der Waals surface area contributed by atoms with E-state index >= 15 is 0 Å². The van der Waals surface area contributed by atoms with Gasteiger partial charge in [0.25, 0.3) is 5.91 Å². The average Bonchev–Trinajstić information content (AvgIpc) is 2.56. The van der Waals surface area contributed by atoms with Crippen molar-refractivity contribution in [1.82, 2.24) is 0 Å². The van der Waals surface area contributed by atoms with Crippen LogP contribution in [0.1, 0.15) is 20.7 Å². The first-order valence-corrected chi connectivity index (χ1v) is 7.81. The molecule has 6 heteroatoms. The lowest BCUT2D eigenvalue weighted by molar-refractivity contribution is 0.0693. The number of aromatic hydroxyl groups is 1. The largest absolute Gasteiger partial charge is 0.507 e. The van der Waals surface area contributed by atoms with Gasteiger partial charge in [0, 0.05) is 15.7 Å². The Hall–Kier alpha value is -2.86. The lowest BCUT2D eigenvalue weighted by Crippen LogP contribution is -2.13. The summed E-state index contributed by atoms with van der Waals surface area (Å²) in [7, 11) is 0. The molecule has 3 N–H and O–H groups in total. The maximum atomic E-state index is 12.6. The molecule has 5 nitrogen and oxygen atoms in total. The molecule has 0 atom stereocenters. The van der Waals surface area contributed by atoms with E-state index in [-0.39, 0.29) is 17.2 Å². The zero-order valence-corrected chi connectivity index (χ0v) is 13.9. The first-order valence-electron chi connectivity index (χ1n) is 7.02. The fraction of sp³-hybridized carbons (Fsp3) is 0. The van der Waals surface area contributed by atoms with Crippen LogP contribution in [-0.2, 0) is 0 Å². The summed E-state index contributed by atoms with van der Waals surface area (Å²) in [6.45, 7) is 0. The molecule has 120 valence electrons. The molecule has 0 radical (unpaired) electrons. The van der Waals surface area contributed by atoms with Gasteiger partial charge < -0.3 is 15.5 Å². The summed E-state index contributed by atoms with van der Waals surface area (Å²) >= 11 is 3.46. The van der Waals surface area contributed by atoms with Crippen molar-refractivity contribution in [2.24, 2.45) is 0 Å². The van der Waals surface area contributed by atoms with Gasteiger partial charge in [-0.1, -0.05) is 40.2 Å². The molecule has 0 aliphatic carbocycles. The summed E-state index contributed by atoms with van der Waals surface area (Å²) < 4.78 is 0.882. The molecule has 24 heavy (non-hydrogen) atoms. The highest BCUT2D eigenvalue weighted by Crippen LogP contribution is 2.27. The van der Waals surface area contributed by atoms with Crippen molar-refractivity contribution in [3.05, 3.63) is 70.2 Å². The molecule has 0 unspecified atom stereocenters. The van der Waals surface area contributed by atoms with Crippen LogP contribution < -0.4 is 5.32 Å². The molecule has 0 aliphatic rings. The van der Waals surface area contributed by atoms with Crippen LogP contribution in [0.25, 0.3) is 10.8 Å². The van der Waals surface area contributed by atoms with Crippen LogP contribution in [0.4, 0.5) is 5.69 Å². The Morgan fingerprint density at radius 2 is 1.62 bits per heavy atom. The Balaban J connectivity index is 1.98. The van der Waals surface area contributed by atoms with Gasteiger partial charge in [0.2, 0.25) is 0 Å². The van der Waals surface area contributed by atoms with Gasteiger partial charge in [0.15, 0.2) is 0 Å². The number of carboxylic acids is 1. The van der Waals surface area contributed by atoms with Crippen molar-refractivity contribution in [2.45, 2.75) is 0 Å². The second kappa shape index (κ2) is 6.33. The van der Waals surface area contributed by atoms with Crippen LogP contribution in [0.5, 0.6) is 5.75 Å². The lowest BCUT2D eigenvalue weighted by atomic mass is 10.0. The summed E-state index contributed by atoms with van der Waals surface area (Å²) in [5.74, 6) is -1.98. The number of phenols is 1. The average molecular weight is 386 g/mol. The van der Waals surface area contributed by atoms with Crippen LogP contribution >= 0.6 is 15.9 Å². The zero-order valence-electron chi connectivity index (χ0n) is 12.3. The van der Waals surface area contributed by atoms with E-state index < -0.39 is 5.97 Å². The van der Waals surface area contributed by atoms with Gasteiger partial charge in [-0.25, -0.2) is 4.79 Å². The molecule has 0 spiro atoms.